The van der Waals surface area contributed by atoms with Crippen LogP contribution in [0, 0.1) is 6.92 Å². The molecule has 0 saturated heterocycles. The Kier molecular flexibility index (Phi) is 5.50. The molecule has 0 saturated carbocycles. The van der Waals surface area contributed by atoms with Crippen LogP contribution in [-0.2, 0) is 10.4 Å². The first-order chi connectivity index (χ1) is 11.3. The zero-order valence-corrected chi connectivity index (χ0v) is 14.0. The van der Waals surface area contributed by atoms with Gasteiger partial charge >= 0.3 is 10.4 Å². The minimum absolute atomic E-state index is 0.835. The third-order valence-electron chi connectivity index (χ3n) is 3.39. The Balaban J connectivity index is 0.000000368. The van der Waals surface area contributed by atoms with Crippen LogP contribution in [0.15, 0.2) is 54.7 Å². The third kappa shape index (κ3) is 4.76. The van der Waals surface area contributed by atoms with Crippen molar-refractivity contribution in [2.75, 3.05) is 7.11 Å². The van der Waals surface area contributed by atoms with Gasteiger partial charge in [-0.1, -0.05) is 24.3 Å². The Morgan fingerprint density at radius 3 is 2.29 bits per heavy atom. The maximum Gasteiger partial charge on any atom is 0.394 e. The number of methoxy groups -OCH3 is 1. The highest BCUT2D eigenvalue weighted by Crippen LogP contribution is 2.31. The second kappa shape index (κ2) is 7.39. The summed E-state index contributed by atoms with van der Waals surface area (Å²) in [6.45, 7) is 2.13. The molecule has 0 spiro atoms. The van der Waals surface area contributed by atoms with E-state index in [0.29, 0.717) is 0 Å². The van der Waals surface area contributed by atoms with E-state index in [4.69, 9.17) is 22.3 Å². The lowest BCUT2D eigenvalue weighted by Crippen LogP contribution is -1.89. The summed E-state index contributed by atoms with van der Waals surface area (Å²) in [5.74, 6) is 0.835. The fourth-order valence-corrected chi connectivity index (χ4v) is 2.36. The molecule has 0 bridgehead atoms. The topological polar surface area (TPSA) is 96.7 Å². The van der Waals surface area contributed by atoms with E-state index >= 15 is 0 Å². The van der Waals surface area contributed by atoms with Crippen molar-refractivity contribution in [3.05, 3.63) is 60.3 Å². The summed E-state index contributed by atoms with van der Waals surface area (Å²) in [4.78, 5) is 4.43. The van der Waals surface area contributed by atoms with Gasteiger partial charge in [0.2, 0.25) is 0 Å². The van der Waals surface area contributed by atoms with Gasteiger partial charge in [0.1, 0.15) is 5.75 Å². The minimum Gasteiger partial charge on any atom is -0.497 e. The van der Waals surface area contributed by atoms with Crippen LogP contribution in [-0.4, -0.2) is 29.6 Å². The van der Waals surface area contributed by atoms with Gasteiger partial charge in [-0.2, -0.15) is 8.42 Å². The molecule has 1 aromatic heterocycles. The Hall–Kier alpha value is -2.48. The molecule has 6 nitrogen and oxygen atoms in total. The van der Waals surface area contributed by atoms with Crippen LogP contribution in [0.4, 0.5) is 0 Å². The van der Waals surface area contributed by atoms with Crippen LogP contribution in [0.1, 0.15) is 5.56 Å². The van der Waals surface area contributed by atoms with E-state index in [2.05, 4.69) is 48.3 Å². The highest BCUT2D eigenvalue weighted by Gasteiger charge is 2.07. The third-order valence-corrected chi connectivity index (χ3v) is 3.39. The van der Waals surface area contributed by atoms with Gasteiger partial charge in [0, 0.05) is 17.6 Å². The normalized spacial score (nSPS) is 10.8. The molecule has 0 unspecified atom stereocenters. The van der Waals surface area contributed by atoms with Crippen molar-refractivity contribution in [2.24, 2.45) is 0 Å². The van der Waals surface area contributed by atoms with Crippen LogP contribution >= 0.6 is 0 Å². The second-order valence-corrected chi connectivity index (χ2v) is 5.90. The van der Waals surface area contributed by atoms with Crippen LogP contribution in [0.2, 0.25) is 0 Å². The molecule has 1 heterocycles. The molecule has 0 aliphatic rings. The van der Waals surface area contributed by atoms with E-state index in [1.54, 1.807) is 7.11 Å². The summed E-state index contributed by atoms with van der Waals surface area (Å²) in [6, 6.07) is 16.5. The average molecular weight is 347 g/mol. The quantitative estimate of drug-likeness (QED) is 0.688. The van der Waals surface area contributed by atoms with E-state index in [1.165, 1.54) is 16.7 Å². The zero-order chi connectivity index (χ0) is 17.7. The average Bonchev–Trinajstić information content (AvgIpc) is 2.53. The van der Waals surface area contributed by atoms with E-state index < -0.39 is 10.4 Å². The van der Waals surface area contributed by atoms with Crippen molar-refractivity contribution in [2.45, 2.75) is 6.92 Å². The molecule has 126 valence electrons. The number of pyridine rings is 1. The van der Waals surface area contributed by atoms with Crippen molar-refractivity contribution < 1.29 is 22.3 Å². The molecule has 0 fully saturated rings. The maximum absolute atomic E-state index is 8.74. The summed E-state index contributed by atoms with van der Waals surface area (Å²) < 4.78 is 36.8. The Bertz CT molecular complexity index is 946. The number of rotatable bonds is 2. The van der Waals surface area contributed by atoms with Gasteiger partial charge in [-0.3, -0.25) is 14.1 Å². The summed E-state index contributed by atoms with van der Waals surface area (Å²) in [5, 5.41) is 1.15. The fourth-order valence-electron chi connectivity index (χ4n) is 2.36. The number of benzene rings is 2. The molecular weight excluding hydrogens is 330 g/mol. The Morgan fingerprint density at radius 2 is 1.67 bits per heavy atom. The molecule has 0 amide bonds. The van der Waals surface area contributed by atoms with Crippen molar-refractivity contribution in [1.29, 1.82) is 0 Å². The van der Waals surface area contributed by atoms with Gasteiger partial charge < -0.3 is 4.74 Å². The fraction of sp³-hybridized carbons (Fsp3) is 0.118. The van der Waals surface area contributed by atoms with E-state index in [0.717, 1.165) is 16.7 Å². The van der Waals surface area contributed by atoms with Gasteiger partial charge in [-0.05, 0) is 41.8 Å². The number of hydrogen-bond acceptors (Lipinski definition) is 4. The van der Waals surface area contributed by atoms with Gasteiger partial charge in [0.15, 0.2) is 0 Å². The van der Waals surface area contributed by atoms with Crippen molar-refractivity contribution in [1.82, 2.24) is 4.98 Å². The van der Waals surface area contributed by atoms with E-state index in [1.807, 2.05) is 18.3 Å². The SMILES string of the molecule is COc1ccc2c(-c3ccccc3C)ccnc2c1.O=S(=O)(O)O. The second-order valence-electron chi connectivity index (χ2n) is 5.00. The lowest BCUT2D eigenvalue weighted by molar-refractivity contribution is 0.381. The lowest BCUT2D eigenvalue weighted by atomic mass is 9.97. The number of nitrogens with zero attached hydrogens (tertiary/aromatic N) is 1. The standard InChI is InChI=1S/C17H15NO.H2O4S/c1-12-5-3-4-6-14(12)15-9-10-18-17-11-13(19-2)7-8-16(15)17;1-5(2,3)4/h3-11H,1-2H3;(H2,1,2,3,4). The molecule has 3 rings (SSSR count). The largest absolute Gasteiger partial charge is 0.497 e. The lowest BCUT2D eigenvalue weighted by Gasteiger charge is -2.10. The number of aryl methyl sites for hydroxylation is 1. The van der Waals surface area contributed by atoms with Gasteiger partial charge in [-0.25, -0.2) is 0 Å². The van der Waals surface area contributed by atoms with Crippen molar-refractivity contribution in [3.8, 4) is 16.9 Å². The molecule has 3 aromatic rings. The predicted octanol–water partition coefficient (Wildman–Crippen LogP) is 3.57. The molecule has 0 atom stereocenters. The number of ether oxygens (including phenoxy) is 1. The minimum atomic E-state index is -4.67. The molecule has 2 N–H and O–H groups in total. The molecule has 0 aliphatic carbocycles. The highest BCUT2D eigenvalue weighted by molar-refractivity contribution is 7.79. The summed E-state index contributed by atoms with van der Waals surface area (Å²) in [7, 11) is -2.99. The predicted molar refractivity (Wildman–Crippen MR) is 92.6 cm³/mol. The van der Waals surface area contributed by atoms with Gasteiger partial charge in [0.05, 0.1) is 12.6 Å². The Morgan fingerprint density at radius 1 is 1.00 bits per heavy atom. The van der Waals surface area contributed by atoms with Crippen LogP contribution in [0.5, 0.6) is 5.75 Å². The molecule has 2 aromatic carbocycles. The maximum atomic E-state index is 8.74. The first-order valence-electron chi connectivity index (χ1n) is 6.98. The van der Waals surface area contributed by atoms with Crippen LogP contribution < -0.4 is 4.74 Å². The van der Waals surface area contributed by atoms with Crippen molar-refractivity contribution >= 4 is 21.3 Å². The number of aromatic nitrogens is 1. The van der Waals surface area contributed by atoms with Gasteiger partial charge in [0.25, 0.3) is 0 Å². The molecule has 24 heavy (non-hydrogen) atoms. The van der Waals surface area contributed by atoms with Crippen LogP contribution in [0.25, 0.3) is 22.0 Å². The first-order valence-corrected chi connectivity index (χ1v) is 8.38. The molecular formula is C17H17NO5S. The summed E-state index contributed by atoms with van der Waals surface area (Å²) in [5.41, 5.74) is 4.69. The van der Waals surface area contributed by atoms with E-state index in [9.17, 15) is 0 Å². The summed E-state index contributed by atoms with van der Waals surface area (Å²) in [6.07, 6.45) is 1.85. The Labute approximate surface area is 140 Å². The van der Waals surface area contributed by atoms with Crippen LogP contribution in [0.3, 0.4) is 0 Å². The van der Waals surface area contributed by atoms with E-state index in [-0.39, 0.29) is 0 Å². The molecule has 0 radical (unpaired) electrons. The number of hydrogen-bond donors (Lipinski definition) is 2. The number of fused-ring (bicyclic) bond motifs is 1. The molecule has 7 heteroatoms. The molecule has 0 aliphatic heterocycles. The first kappa shape index (κ1) is 17.9. The smallest absolute Gasteiger partial charge is 0.394 e. The zero-order valence-electron chi connectivity index (χ0n) is 13.2. The van der Waals surface area contributed by atoms with Crippen molar-refractivity contribution in [3.63, 3.8) is 0 Å². The monoisotopic (exact) mass is 347 g/mol. The highest BCUT2D eigenvalue weighted by atomic mass is 32.3. The van der Waals surface area contributed by atoms with Gasteiger partial charge in [-0.15, -0.1) is 0 Å². The summed E-state index contributed by atoms with van der Waals surface area (Å²) >= 11 is 0.